The molecule has 0 bridgehead atoms. The van der Waals surface area contributed by atoms with Gasteiger partial charge in [-0.25, -0.2) is 10.8 Å². The van der Waals surface area contributed by atoms with Crippen LogP contribution in [0.5, 0.6) is 0 Å². The summed E-state index contributed by atoms with van der Waals surface area (Å²) >= 11 is 5.56. The van der Waals surface area contributed by atoms with Gasteiger partial charge in [0.15, 0.2) is 0 Å². The third-order valence-corrected chi connectivity index (χ3v) is 1.72. The molecule has 1 rings (SSSR count). The van der Waals surface area contributed by atoms with Gasteiger partial charge in [0.1, 0.15) is 0 Å². The molecule has 0 radical (unpaired) electrons. The van der Waals surface area contributed by atoms with E-state index in [1.807, 2.05) is 0 Å². The molecular weight excluding hydrogens is 231 g/mol. The molecule has 1 aromatic rings. The second-order valence-corrected chi connectivity index (χ2v) is 3.02. The summed E-state index contributed by atoms with van der Waals surface area (Å²) in [5.74, 6) is 3.45. The van der Waals surface area contributed by atoms with Gasteiger partial charge in [-0.3, -0.25) is 0 Å². The number of hydrazine groups is 1. The lowest BCUT2D eigenvalue weighted by molar-refractivity contribution is -0.0617. The fraction of sp³-hybridized carbons (Fsp3) is 0.125. The Morgan fingerprint density at radius 1 is 1.27 bits per heavy atom. The molecule has 1 aromatic carbocycles. The Morgan fingerprint density at radius 3 is 2.20 bits per heavy atom. The van der Waals surface area contributed by atoms with Crippen molar-refractivity contribution in [3.8, 4) is 0 Å². The fourth-order valence-electron chi connectivity index (χ4n) is 0.822. The Kier molecular flexibility index (Phi) is 3.54. The van der Waals surface area contributed by atoms with E-state index >= 15 is 0 Å². The van der Waals surface area contributed by atoms with Crippen LogP contribution in [0.1, 0.15) is 0 Å². The zero-order chi connectivity index (χ0) is 11.5. The van der Waals surface area contributed by atoms with E-state index in [1.54, 1.807) is 0 Å². The highest BCUT2D eigenvalue weighted by Gasteiger charge is 2.35. The van der Waals surface area contributed by atoms with E-state index in [0.29, 0.717) is 5.02 Å². The van der Waals surface area contributed by atoms with Crippen molar-refractivity contribution in [3.63, 3.8) is 0 Å². The number of aliphatic imine (C=N–C) groups is 1. The molecule has 7 heteroatoms. The lowest BCUT2D eigenvalue weighted by Gasteiger charge is -2.08. The van der Waals surface area contributed by atoms with Crippen LogP contribution in [0.4, 0.5) is 18.9 Å². The number of hydrogen-bond acceptors (Lipinski definition) is 2. The van der Waals surface area contributed by atoms with Crippen LogP contribution in [0.15, 0.2) is 29.3 Å². The van der Waals surface area contributed by atoms with Gasteiger partial charge in [0, 0.05) is 5.02 Å². The van der Waals surface area contributed by atoms with E-state index in [4.69, 9.17) is 17.4 Å². The third-order valence-electron chi connectivity index (χ3n) is 1.47. The molecule has 0 aliphatic carbocycles. The smallest absolute Gasteiger partial charge is 0.304 e. The van der Waals surface area contributed by atoms with Crippen LogP contribution in [-0.4, -0.2) is 12.0 Å². The molecule has 15 heavy (non-hydrogen) atoms. The molecule has 0 saturated heterocycles. The summed E-state index contributed by atoms with van der Waals surface area (Å²) in [5.41, 5.74) is 1.61. The number of rotatable bonds is 1. The van der Waals surface area contributed by atoms with Crippen LogP contribution < -0.4 is 11.3 Å². The first-order chi connectivity index (χ1) is 6.93. The van der Waals surface area contributed by atoms with Crippen LogP contribution in [0.3, 0.4) is 0 Å². The molecule has 0 aliphatic heterocycles. The number of hydrogen-bond donors (Lipinski definition) is 2. The normalized spacial score (nSPS) is 12.7. The van der Waals surface area contributed by atoms with E-state index in [-0.39, 0.29) is 5.69 Å². The number of nitrogens with one attached hydrogen (secondary N) is 1. The third kappa shape index (κ3) is 3.41. The number of benzene rings is 1. The van der Waals surface area contributed by atoms with E-state index in [2.05, 4.69) is 4.99 Å². The van der Waals surface area contributed by atoms with Crippen molar-refractivity contribution in [3.05, 3.63) is 29.3 Å². The van der Waals surface area contributed by atoms with Crippen molar-refractivity contribution in [1.29, 1.82) is 0 Å². The minimum atomic E-state index is -4.60. The van der Waals surface area contributed by atoms with Crippen molar-refractivity contribution in [2.24, 2.45) is 10.8 Å². The zero-order valence-electron chi connectivity index (χ0n) is 7.35. The predicted molar refractivity (Wildman–Crippen MR) is 51.9 cm³/mol. The fourth-order valence-corrected chi connectivity index (χ4v) is 0.948. The summed E-state index contributed by atoms with van der Waals surface area (Å²) in [5, 5.41) is 0.420. The molecule has 0 atom stereocenters. The van der Waals surface area contributed by atoms with Gasteiger partial charge in [-0.05, 0) is 24.3 Å². The molecule has 82 valence electrons. The minimum Gasteiger partial charge on any atom is -0.304 e. The summed E-state index contributed by atoms with van der Waals surface area (Å²) in [6, 6.07) is 5.58. The molecule has 0 spiro atoms. The highest BCUT2D eigenvalue weighted by atomic mass is 35.5. The lowest BCUT2D eigenvalue weighted by atomic mass is 10.3. The van der Waals surface area contributed by atoms with Gasteiger partial charge >= 0.3 is 6.18 Å². The summed E-state index contributed by atoms with van der Waals surface area (Å²) < 4.78 is 36.6. The van der Waals surface area contributed by atoms with Gasteiger partial charge in [0.25, 0.3) is 0 Å². The molecule has 0 fully saturated rings. The van der Waals surface area contributed by atoms with Crippen molar-refractivity contribution in [1.82, 2.24) is 5.43 Å². The highest BCUT2D eigenvalue weighted by Crippen LogP contribution is 2.21. The first-order valence-electron chi connectivity index (χ1n) is 3.81. The van der Waals surface area contributed by atoms with Crippen LogP contribution in [0, 0.1) is 0 Å². The summed E-state index contributed by atoms with van der Waals surface area (Å²) in [6.07, 6.45) is -4.60. The molecule has 3 N–H and O–H groups in total. The lowest BCUT2D eigenvalue weighted by Crippen LogP contribution is -2.41. The molecule has 0 aromatic heterocycles. The van der Waals surface area contributed by atoms with E-state index in [1.165, 1.54) is 29.7 Å². The van der Waals surface area contributed by atoms with Gasteiger partial charge in [0.05, 0.1) is 5.69 Å². The summed E-state index contributed by atoms with van der Waals surface area (Å²) in [7, 11) is 0. The number of nitrogens with zero attached hydrogens (tertiary/aromatic N) is 1. The number of halogens is 4. The quantitative estimate of drug-likeness (QED) is 0.341. The Balaban J connectivity index is 2.99. The number of amidine groups is 1. The molecule has 0 aliphatic rings. The van der Waals surface area contributed by atoms with E-state index in [9.17, 15) is 13.2 Å². The summed E-state index contributed by atoms with van der Waals surface area (Å²) in [4.78, 5) is 3.29. The minimum absolute atomic E-state index is 0.115. The molecule has 3 nitrogen and oxygen atoms in total. The molecular formula is C8H7ClF3N3. The van der Waals surface area contributed by atoms with Gasteiger partial charge in [-0.15, -0.1) is 0 Å². The summed E-state index contributed by atoms with van der Waals surface area (Å²) in [6.45, 7) is 0. The van der Waals surface area contributed by atoms with Crippen LogP contribution in [-0.2, 0) is 0 Å². The second kappa shape index (κ2) is 4.50. The Labute approximate surface area is 88.7 Å². The molecule has 0 saturated carbocycles. The van der Waals surface area contributed by atoms with Crippen LogP contribution >= 0.6 is 11.6 Å². The number of alkyl halides is 3. The second-order valence-electron chi connectivity index (χ2n) is 2.58. The van der Waals surface area contributed by atoms with Crippen molar-refractivity contribution >= 4 is 23.1 Å². The van der Waals surface area contributed by atoms with E-state index < -0.39 is 12.0 Å². The SMILES string of the molecule is NNC(=Nc1ccc(Cl)cc1)C(F)(F)F. The largest absolute Gasteiger partial charge is 0.450 e. The first kappa shape index (κ1) is 11.8. The van der Waals surface area contributed by atoms with Crippen molar-refractivity contribution in [2.45, 2.75) is 6.18 Å². The average molecular weight is 238 g/mol. The number of nitrogens with two attached hydrogens (primary N) is 1. The molecule has 0 unspecified atom stereocenters. The van der Waals surface area contributed by atoms with E-state index in [0.717, 1.165) is 0 Å². The Morgan fingerprint density at radius 2 is 1.80 bits per heavy atom. The Hall–Kier alpha value is -1.27. The van der Waals surface area contributed by atoms with Crippen molar-refractivity contribution in [2.75, 3.05) is 0 Å². The van der Waals surface area contributed by atoms with Crippen LogP contribution in [0.2, 0.25) is 5.02 Å². The monoisotopic (exact) mass is 237 g/mol. The van der Waals surface area contributed by atoms with Gasteiger partial charge in [-0.2, -0.15) is 13.2 Å². The predicted octanol–water partition coefficient (Wildman–Crippen LogP) is 2.40. The highest BCUT2D eigenvalue weighted by molar-refractivity contribution is 6.30. The maximum Gasteiger partial charge on any atom is 0.450 e. The molecule has 0 amide bonds. The van der Waals surface area contributed by atoms with Gasteiger partial charge in [-0.1, -0.05) is 11.6 Å². The Bertz CT molecular complexity index is 358. The molecule has 0 heterocycles. The maximum atomic E-state index is 12.2. The zero-order valence-corrected chi connectivity index (χ0v) is 8.10. The van der Waals surface area contributed by atoms with Crippen molar-refractivity contribution < 1.29 is 13.2 Å². The topological polar surface area (TPSA) is 50.4 Å². The maximum absolute atomic E-state index is 12.2. The first-order valence-corrected chi connectivity index (χ1v) is 4.19. The standard InChI is InChI=1S/C8H7ClF3N3/c9-5-1-3-6(4-2-5)14-7(15-13)8(10,11)12/h1-4H,13H2,(H,14,15). The van der Waals surface area contributed by atoms with Gasteiger partial charge < -0.3 is 5.43 Å². The average Bonchev–Trinajstić information content (AvgIpc) is 2.15. The van der Waals surface area contributed by atoms with Crippen LogP contribution in [0.25, 0.3) is 0 Å². The van der Waals surface area contributed by atoms with Gasteiger partial charge in [0.2, 0.25) is 5.84 Å².